The third-order valence-corrected chi connectivity index (χ3v) is 6.13. The minimum Gasteiger partial charge on any atom is -0.506 e. The van der Waals surface area contributed by atoms with Crippen molar-refractivity contribution in [2.75, 3.05) is 6.54 Å². The molecule has 0 aliphatic carbocycles. The molecule has 2 aromatic rings. The summed E-state index contributed by atoms with van der Waals surface area (Å²) in [5, 5.41) is 22.2. The van der Waals surface area contributed by atoms with Crippen LogP contribution in [0.15, 0.2) is 24.3 Å². The van der Waals surface area contributed by atoms with E-state index >= 15 is 0 Å². The first kappa shape index (κ1) is 22.0. The summed E-state index contributed by atoms with van der Waals surface area (Å²) in [7, 11) is 0. The monoisotopic (exact) mass is 693 g/mol. The lowest BCUT2D eigenvalue weighted by atomic mass is 10.0. The van der Waals surface area contributed by atoms with Gasteiger partial charge < -0.3 is 20.3 Å². The highest BCUT2D eigenvalue weighted by Gasteiger charge is 2.18. The Morgan fingerprint density at radius 3 is 2.27 bits per heavy atom. The summed E-state index contributed by atoms with van der Waals surface area (Å²) >= 11 is 6.34. The van der Waals surface area contributed by atoms with E-state index in [1.54, 1.807) is 12.1 Å². The van der Waals surface area contributed by atoms with Gasteiger partial charge in [-0.05, 0) is 117 Å². The van der Waals surface area contributed by atoms with Gasteiger partial charge >= 0.3 is 5.97 Å². The third kappa shape index (κ3) is 5.58. The molecule has 2 rings (SSSR count). The van der Waals surface area contributed by atoms with E-state index in [0.29, 0.717) is 18.7 Å². The number of nitrogens with one attached hydrogen (secondary N) is 1. The van der Waals surface area contributed by atoms with Gasteiger partial charge in [0.25, 0.3) is 0 Å². The van der Waals surface area contributed by atoms with Crippen LogP contribution in [0.25, 0.3) is 0 Å². The maximum absolute atomic E-state index is 11.4. The van der Waals surface area contributed by atoms with E-state index in [4.69, 9.17) is 4.74 Å². The largest absolute Gasteiger partial charge is 0.506 e. The van der Waals surface area contributed by atoms with Crippen LogP contribution in [0.2, 0.25) is 0 Å². The molecule has 0 aliphatic heterocycles. The minimum absolute atomic E-state index is 0.253. The van der Waals surface area contributed by atoms with E-state index in [9.17, 15) is 15.0 Å². The van der Waals surface area contributed by atoms with Gasteiger partial charge in [0.05, 0.1) is 10.7 Å². The van der Waals surface area contributed by atoms with Crippen LogP contribution in [0, 0.1) is 17.6 Å². The summed E-state index contributed by atoms with van der Waals surface area (Å²) in [5.41, 5.74) is 1.88. The summed E-state index contributed by atoms with van der Waals surface area (Å²) in [4.78, 5) is 11.4. The molecule has 1 atom stereocenters. The Morgan fingerprint density at radius 2 is 1.77 bits per heavy atom. The SMILES string of the molecule is CCN[C@@H](Cc1cc(C)c(Oc2cc(I)c(O)c(I)c2)c(I)c1)C(=O)O. The molecule has 5 nitrogen and oxygen atoms in total. The number of carboxylic acid groups (broad SMARTS) is 1. The van der Waals surface area contributed by atoms with Crippen LogP contribution in [0.1, 0.15) is 18.1 Å². The molecule has 0 fully saturated rings. The number of rotatable bonds is 7. The molecule has 0 amide bonds. The predicted octanol–water partition coefficient (Wildman–Crippen LogP) is 4.91. The first-order valence-electron chi connectivity index (χ1n) is 7.84. The van der Waals surface area contributed by atoms with Gasteiger partial charge in [0.15, 0.2) is 0 Å². The number of aryl methyl sites for hydroxylation is 1. The lowest BCUT2D eigenvalue weighted by Crippen LogP contribution is -2.38. The number of hydrogen-bond acceptors (Lipinski definition) is 4. The van der Waals surface area contributed by atoms with E-state index in [1.807, 2.05) is 26.0 Å². The Hall–Kier alpha value is -0.340. The Bertz CT molecular complexity index is 780. The number of phenols is 1. The Morgan fingerprint density at radius 1 is 1.15 bits per heavy atom. The molecule has 0 saturated heterocycles. The highest BCUT2D eigenvalue weighted by molar-refractivity contribution is 14.1. The van der Waals surface area contributed by atoms with Gasteiger partial charge in [0, 0.05) is 0 Å². The zero-order valence-electron chi connectivity index (χ0n) is 14.1. The number of aliphatic carboxylic acids is 1. The van der Waals surface area contributed by atoms with Crippen LogP contribution in [-0.4, -0.2) is 28.8 Å². The molecule has 0 bridgehead atoms. The van der Waals surface area contributed by atoms with Crippen molar-refractivity contribution in [2.45, 2.75) is 26.3 Å². The predicted molar refractivity (Wildman–Crippen MR) is 126 cm³/mol. The number of phenolic OH excluding ortho intramolecular Hbond substituents is 1. The summed E-state index contributed by atoms with van der Waals surface area (Å²) in [6.07, 6.45) is 0.412. The van der Waals surface area contributed by atoms with Crippen molar-refractivity contribution in [1.82, 2.24) is 5.32 Å². The first-order valence-corrected chi connectivity index (χ1v) is 11.1. The van der Waals surface area contributed by atoms with Crippen molar-refractivity contribution in [3.05, 3.63) is 46.1 Å². The first-order chi connectivity index (χ1) is 12.2. The normalized spacial score (nSPS) is 12.0. The lowest BCUT2D eigenvalue weighted by molar-refractivity contribution is -0.139. The van der Waals surface area contributed by atoms with Crippen LogP contribution in [0.4, 0.5) is 0 Å². The van der Waals surface area contributed by atoms with Gasteiger partial charge in [0.2, 0.25) is 0 Å². The topological polar surface area (TPSA) is 78.8 Å². The summed E-state index contributed by atoms with van der Waals surface area (Å²) in [5.74, 6) is 0.792. The second-order valence-corrected chi connectivity index (χ2v) is 9.20. The smallest absolute Gasteiger partial charge is 0.321 e. The Balaban J connectivity index is 2.28. The summed E-state index contributed by atoms with van der Waals surface area (Å²) in [6, 6.07) is 6.87. The van der Waals surface area contributed by atoms with Crippen LogP contribution in [0.5, 0.6) is 17.2 Å². The minimum atomic E-state index is -0.854. The fourth-order valence-electron chi connectivity index (χ4n) is 2.50. The summed E-state index contributed by atoms with van der Waals surface area (Å²) in [6.45, 7) is 4.44. The second kappa shape index (κ2) is 9.73. The van der Waals surface area contributed by atoms with E-state index < -0.39 is 12.0 Å². The van der Waals surface area contributed by atoms with Gasteiger partial charge in [-0.3, -0.25) is 4.79 Å². The number of hydrogen-bond donors (Lipinski definition) is 3. The van der Waals surface area contributed by atoms with Crippen molar-refractivity contribution in [2.24, 2.45) is 0 Å². The standard InChI is InChI=1S/C18H18I3NO4/c1-3-22-15(18(24)25)6-10-4-9(2)17(14(21)5-10)26-11-7-12(19)16(23)13(20)8-11/h4-5,7-8,15,22-23H,3,6H2,1-2H3,(H,24,25)/t15-/m0/s1. The number of carboxylic acids is 1. The quantitative estimate of drug-likeness (QED) is 0.360. The molecule has 3 N–H and O–H groups in total. The molecule has 0 spiro atoms. The zero-order chi connectivity index (χ0) is 19.4. The lowest BCUT2D eigenvalue weighted by Gasteiger charge is -2.17. The average molecular weight is 693 g/mol. The van der Waals surface area contributed by atoms with Crippen LogP contribution in [0.3, 0.4) is 0 Å². The Labute approximate surface area is 193 Å². The molecular weight excluding hydrogens is 675 g/mol. The van der Waals surface area contributed by atoms with E-state index in [-0.39, 0.29) is 5.75 Å². The number of benzene rings is 2. The zero-order valence-corrected chi connectivity index (χ0v) is 20.6. The molecule has 0 unspecified atom stereocenters. The van der Waals surface area contributed by atoms with Crippen LogP contribution in [-0.2, 0) is 11.2 Å². The fourth-order valence-corrected chi connectivity index (χ4v) is 5.14. The maximum atomic E-state index is 11.4. The van der Waals surface area contributed by atoms with Crippen molar-refractivity contribution < 1.29 is 19.7 Å². The maximum Gasteiger partial charge on any atom is 0.321 e. The second-order valence-electron chi connectivity index (χ2n) is 5.71. The van der Waals surface area contributed by atoms with Gasteiger partial charge in [-0.25, -0.2) is 0 Å². The third-order valence-electron chi connectivity index (χ3n) is 3.69. The number of aromatic hydroxyl groups is 1. The van der Waals surface area contributed by atoms with E-state index in [2.05, 4.69) is 73.1 Å². The highest BCUT2D eigenvalue weighted by atomic mass is 127. The van der Waals surface area contributed by atoms with Crippen molar-refractivity contribution >= 4 is 73.7 Å². The molecule has 0 aliphatic rings. The molecule has 0 radical (unpaired) electrons. The number of halogens is 3. The molecule has 0 aromatic heterocycles. The molecular formula is C18H18I3NO4. The van der Waals surface area contributed by atoms with Crippen LogP contribution >= 0.6 is 67.8 Å². The van der Waals surface area contributed by atoms with Gasteiger partial charge in [-0.2, -0.15) is 0 Å². The molecule has 26 heavy (non-hydrogen) atoms. The molecule has 8 heteroatoms. The number of likely N-dealkylation sites (N-methyl/N-ethyl adjacent to an activating group) is 1. The van der Waals surface area contributed by atoms with Gasteiger partial charge in [-0.15, -0.1) is 0 Å². The molecule has 2 aromatic carbocycles. The number of ether oxygens (including phenoxy) is 1. The van der Waals surface area contributed by atoms with Gasteiger partial charge in [-0.1, -0.05) is 13.0 Å². The van der Waals surface area contributed by atoms with Crippen molar-refractivity contribution in [1.29, 1.82) is 0 Å². The van der Waals surface area contributed by atoms with E-state index in [1.165, 1.54) is 0 Å². The molecule has 0 heterocycles. The van der Waals surface area contributed by atoms with Crippen molar-refractivity contribution in [3.8, 4) is 17.2 Å². The Kier molecular flexibility index (Phi) is 8.22. The molecule has 140 valence electrons. The summed E-state index contributed by atoms with van der Waals surface area (Å²) < 4.78 is 8.42. The fraction of sp³-hybridized carbons (Fsp3) is 0.278. The van der Waals surface area contributed by atoms with Crippen LogP contribution < -0.4 is 10.1 Å². The van der Waals surface area contributed by atoms with Crippen molar-refractivity contribution in [3.63, 3.8) is 0 Å². The highest BCUT2D eigenvalue weighted by Crippen LogP contribution is 2.36. The molecule has 0 saturated carbocycles. The number of carbonyl (C=O) groups is 1. The van der Waals surface area contributed by atoms with E-state index in [0.717, 1.165) is 27.6 Å². The average Bonchev–Trinajstić information content (AvgIpc) is 2.55. The van der Waals surface area contributed by atoms with Gasteiger partial charge in [0.1, 0.15) is 23.3 Å².